The summed E-state index contributed by atoms with van der Waals surface area (Å²) in [6.45, 7) is -0.352. The Bertz CT molecular complexity index is 803. The summed E-state index contributed by atoms with van der Waals surface area (Å²) in [5, 5.41) is 0. The van der Waals surface area contributed by atoms with Crippen LogP contribution in [0.15, 0.2) is 23.1 Å². The summed E-state index contributed by atoms with van der Waals surface area (Å²) in [6, 6.07) is 4.40. The number of para-hydroxylation sites is 1. The third-order valence-electron chi connectivity index (χ3n) is 2.79. The van der Waals surface area contributed by atoms with Crippen LogP contribution >= 0.6 is 12.2 Å². The van der Waals surface area contributed by atoms with E-state index in [4.69, 9.17) is 12.2 Å². The number of imidazole rings is 1. The van der Waals surface area contributed by atoms with Gasteiger partial charge >= 0.3 is 6.18 Å². The van der Waals surface area contributed by atoms with Crippen molar-refractivity contribution in [2.24, 2.45) is 0 Å². The van der Waals surface area contributed by atoms with Gasteiger partial charge in [-0.25, -0.2) is 8.42 Å². The molecule has 9 heteroatoms. The van der Waals surface area contributed by atoms with Crippen LogP contribution in [0.4, 0.5) is 13.2 Å². The molecule has 110 valence electrons. The predicted molar refractivity (Wildman–Crippen MR) is 70.9 cm³/mol. The van der Waals surface area contributed by atoms with E-state index < -0.39 is 22.4 Å². The first kappa shape index (κ1) is 15.0. The van der Waals surface area contributed by atoms with Crippen molar-refractivity contribution in [1.82, 2.24) is 9.55 Å². The van der Waals surface area contributed by atoms with Crippen molar-refractivity contribution in [3.8, 4) is 0 Å². The predicted octanol–water partition coefficient (Wildman–Crippen LogP) is 3.05. The minimum atomic E-state index is -4.30. The van der Waals surface area contributed by atoms with E-state index in [9.17, 15) is 21.6 Å². The number of alkyl halides is 3. The molecule has 1 aromatic heterocycles. The average molecular weight is 324 g/mol. The number of sulfone groups is 1. The Balaban J connectivity index is 2.59. The molecule has 0 unspecified atom stereocenters. The summed E-state index contributed by atoms with van der Waals surface area (Å²) in [7, 11) is -3.49. The summed E-state index contributed by atoms with van der Waals surface area (Å²) in [5.41, 5.74) is 0.587. The van der Waals surface area contributed by atoms with E-state index in [1.165, 1.54) is 22.8 Å². The van der Waals surface area contributed by atoms with Crippen LogP contribution in [-0.2, 0) is 16.4 Å². The van der Waals surface area contributed by atoms with Crippen molar-refractivity contribution >= 4 is 33.1 Å². The second-order valence-corrected chi connectivity index (χ2v) is 6.74. The molecular weight excluding hydrogens is 313 g/mol. The fourth-order valence-electron chi connectivity index (χ4n) is 1.92. The summed E-state index contributed by atoms with van der Waals surface area (Å²) >= 11 is 4.97. The number of aromatic amines is 1. The third-order valence-corrected chi connectivity index (χ3v) is 4.25. The van der Waals surface area contributed by atoms with E-state index in [1.807, 2.05) is 0 Å². The Morgan fingerprint density at radius 2 is 2.00 bits per heavy atom. The molecule has 2 aromatic rings. The van der Waals surface area contributed by atoms with Crippen LogP contribution in [0, 0.1) is 4.77 Å². The number of benzene rings is 1. The molecule has 0 saturated heterocycles. The maximum atomic E-state index is 12.3. The average Bonchev–Trinajstić information content (AvgIpc) is 2.59. The second-order valence-electron chi connectivity index (χ2n) is 4.37. The van der Waals surface area contributed by atoms with Gasteiger partial charge in [0.2, 0.25) is 0 Å². The fraction of sp³-hybridized carbons (Fsp3) is 0.364. The molecule has 2 rings (SSSR count). The molecule has 0 fully saturated rings. The van der Waals surface area contributed by atoms with E-state index in [0.29, 0.717) is 5.52 Å². The first-order valence-electron chi connectivity index (χ1n) is 5.58. The van der Waals surface area contributed by atoms with Gasteiger partial charge in [-0.1, -0.05) is 6.07 Å². The Labute approximate surface area is 118 Å². The summed E-state index contributed by atoms with van der Waals surface area (Å²) in [6.07, 6.45) is -4.30. The smallest absolute Gasteiger partial charge is 0.329 e. The molecule has 1 aromatic carbocycles. The van der Waals surface area contributed by atoms with Crippen molar-refractivity contribution in [3.63, 3.8) is 0 Å². The standard InChI is InChI=1S/C11H11F3N2O2S2/c1-20(17,18)8-4-2-3-7-9(8)15-10(19)16(7)6-5-11(12,13)14/h2-4H,5-6H2,1H3,(H,15,19). The highest BCUT2D eigenvalue weighted by Crippen LogP contribution is 2.25. The number of halogens is 3. The minimum absolute atomic E-state index is 0.0202. The lowest BCUT2D eigenvalue weighted by Crippen LogP contribution is -2.12. The van der Waals surface area contributed by atoms with Gasteiger partial charge in [0.25, 0.3) is 0 Å². The Morgan fingerprint density at radius 1 is 1.35 bits per heavy atom. The molecule has 0 saturated carbocycles. The monoisotopic (exact) mass is 324 g/mol. The van der Waals surface area contributed by atoms with E-state index in [-0.39, 0.29) is 21.7 Å². The topological polar surface area (TPSA) is 54.9 Å². The maximum Gasteiger partial charge on any atom is 0.390 e. The molecule has 1 N–H and O–H groups in total. The number of hydrogen-bond donors (Lipinski definition) is 1. The van der Waals surface area contributed by atoms with E-state index in [1.54, 1.807) is 0 Å². The van der Waals surface area contributed by atoms with Gasteiger partial charge in [-0.15, -0.1) is 0 Å². The zero-order chi connectivity index (χ0) is 15.1. The molecular formula is C11H11F3N2O2S2. The molecule has 1 heterocycles. The lowest BCUT2D eigenvalue weighted by atomic mass is 10.3. The molecule has 0 amide bonds. The molecule has 0 aliphatic rings. The quantitative estimate of drug-likeness (QED) is 0.883. The van der Waals surface area contributed by atoms with Crippen molar-refractivity contribution in [2.45, 2.75) is 24.0 Å². The molecule has 0 spiro atoms. The lowest BCUT2D eigenvalue weighted by molar-refractivity contribution is -0.136. The van der Waals surface area contributed by atoms with Crippen LogP contribution in [0.1, 0.15) is 6.42 Å². The SMILES string of the molecule is CS(=O)(=O)c1cccc2c1[nH]c(=S)n2CCC(F)(F)F. The van der Waals surface area contributed by atoms with Crippen LogP contribution in [0.5, 0.6) is 0 Å². The molecule has 0 atom stereocenters. The van der Waals surface area contributed by atoms with Gasteiger partial charge < -0.3 is 9.55 Å². The van der Waals surface area contributed by atoms with Crippen molar-refractivity contribution in [2.75, 3.05) is 6.26 Å². The number of rotatable bonds is 3. The Kier molecular flexibility index (Phi) is 3.67. The molecule has 0 bridgehead atoms. The number of aromatic nitrogens is 2. The van der Waals surface area contributed by atoms with Gasteiger partial charge in [0, 0.05) is 12.8 Å². The summed E-state index contributed by atoms with van der Waals surface area (Å²) in [5.74, 6) is 0. The molecule has 0 radical (unpaired) electrons. The molecule has 4 nitrogen and oxygen atoms in total. The first-order chi connectivity index (χ1) is 9.09. The highest BCUT2D eigenvalue weighted by Gasteiger charge is 2.27. The number of fused-ring (bicyclic) bond motifs is 1. The summed E-state index contributed by atoms with van der Waals surface area (Å²) in [4.78, 5) is 2.69. The van der Waals surface area contributed by atoms with Crippen molar-refractivity contribution in [3.05, 3.63) is 23.0 Å². The zero-order valence-corrected chi connectivity index (χ0v) is 12.0. The summed E-state index contributed by atoms with van der Waals surface area (Å²) < 4.78 is 61.5. The Morgan fingerprint density at radius 3 is 2.55 bits per heavy atom. The van der Waals surface area contributed by atoms with Gasteiger partial charge in [-0.3, -0.25) is 0 Å². The van der Waals surface area contributed by atoms with Gasteiger partial charge in [0.15, 0.2) is 14.6 Å². The van der Waals surface area contributed by atoms with E-state index in [0.717, 1.165) is 6.26 Å². The first-order valence-corrected chi connectivity index (χ1v) is 7.88. The molecule has 20 heavy (non-hydrogen) atoms. The number of nitrogens with one attached hydrogen (secondary N) is 1. The molecule has 0 aliphatic carbocycles. The number of aryl methyl sites for hydroxylation is 1. The highest BCUT2D eigenvalue weighted by molar-refractivity contribution is 7.91. The Hall–Kier alpha value is -1.35. The highest BCUT2D eigenvalue weighted by atomic mass is 32.2. The number of nitrogens with zero attached hydrogens (tertiary/aromatic N) is 1. The van der Waals surface area contributed by atoms with Gasteiger partial charge in [-0.05, 0) is 24.4 Å². The fourth-order valence-corrected chi connectivity index (χ4v) is 3.07. The van der Waals surface area contributed by atoms with Crippen LogP contribution in [0.3, 0.4) is 0 Å². The van der Waals surface area contributed by atoms with Crippen molar-refractivity contribution in [1.29, 1.82) is 0 Å². The van der Waals surface area contributed by atoms with Gasteiger partial charge in [0.1, 0.15) is 0 Å². The normalized spacial score (nSPS) is 13.0. The van der Waals surface area contributed by atoms with Crippen LogP contribution < -0.4 is 0 Å². The number of hydrogen-bond acceptors (Lipinski definition) is 3. The van der Waals surface area contributed by atoms with Crippen LogP contribution in [-0.4, -0.2) is 30.4 Å². The van der Waals surface area contributed by atoms with Gasteiger partial charge in [-0.2, -0.15) is 13.2 Å². The van der Waals surface area contributed by atoms with Gasteiger partial charge in [0.05, 0.1) is 22.3 Å². The largest absolute Gasteiger partial charge is 0.390 e. The van der Waals surface area contributed by atoms with Crippen molar-refractivity contribution < 1.29 is 21.6 Å². The third kappa shape index (κ3) is 3.04. The lowest BCUT2D eigenvalue weighted by Gasteiger charge is -2.08. The van der Waals surface area contributed by atoms with E-state index >= 15 is 0 Å². The zero-order valence-electron chi connectivity index (χ0n) is 10.4. The van der Waals surface area contributed by atoms with Crippen LogP contribution in [0.25, 0.3) is 11.0 Å². The molecule has 0 aliphatic heterocycles. The van der Waals surface area contributed by atoms with E-state index in [2.05, 4.69) is 4.98 Å². The minimum Gasteiger partial charge on any atom is -0.329 e. The second kappa shape index (κ2) is 4.88. The number of H-pyrrole nitrogens is 1. The van der Waals surface area contributed by atoms with Crippen LogP contribution in [0.2, 0.25) is 0 Å². The maximum absolute atomic E-state index is 12.3.